The van der Waals surface area contributed by atoms with Gasteiger partial charge in [0.05, 0.1) is 22.3 Å². The van der Waals surface area contributed by atoms with Crippen molar-refractivity contribution in [2.45, 2.75) is 178 Å². The SMILES string of the molecule is [2H]C([2H])([2H])c1c[n+](C)c(-c2c(C)ccc3c2oc2nc(C)ccc23)cc1C([2H])([2H])C(C)(C)C.[2H]C([2H])([2H])c1c[n+](C)c(-c2c(C)ccc3c2oc2nc(C)ccc23)cc1CC(C)(C)C.[2H]C([2H])([2H])c1c[n+](C)c(-c2c(C)ccc3c2oc2ncccc23)cc1C([2H])([2H])C(C)(C)C.[2H]C([2H])([2H])c1c[n+](C)c(-c2c(C)ccc3c2oc2ncccc23)cc1CC(C)(C)C. The average molecular weight is 1480 g/mol. The fourth-order valence-corrected chi connectivity index (χ4v) is 14.8. The molecular formula is C98H112N8O4+4. The Hall–Kier alpha value is -10.7. The molecular weight excluding hydrogens is 1350 g/mol. The van der Waals surface area contributed by atoms with E-state index < -0.39 is 51.0 Å². The van der Waals surface area contributed by atoms with Crippen LogP contribution in [0.2, 0.25) is 0 Å². The van der Waals surface area contributed by atoms with E-state index in [0.717, 1.165) is 133 Å². The zero-order valence-electron chi connectivity index (χ0n) is 83.6. The number of fused-ring (bicyclic) bond motifs is 12. The number of aromatic nitrogens is 8. The van der Waals surface area contributed by atoms with Crippen molar-refractivity contribution in [3.8, 4) is 45.0 Å². The number of rotatable bonds is 8. The Morgan fingerprint density at radius 3 is 0.864 bits per heavy atom. The van der Waals surface area contributed by atoms with Crippen molar-refractivity contribution < 1.29 is 57.9 Å². The first kappa shape index (κ1) is 59.2. The zero-order chi connectivity index (χ0) is 92.7. The number of hydrogen-bond donors (Lipinski definition) is 0. The van der Waals surface area contributed by atoms with Gasteiger partial charge in [-0.25, -0.2) is 38.2 Å². The van der Waals surface area contributed by atoms with E-state index in [1.807, 2.05) is 136 Å². The maximum absolute atomic E-state index is 8.87. The number of pyridine rings is 8. The van der Waals surface area contributed by atoms with E-state index in [4.69, 9.17) is 39.6 Å². The van der Waals surface area contributed by atoms with Crippen molar-refractivity contribution >= 4 is 88.3 Å². The molecule has 0 amide bonds. The number of aryl methyl sites for hydroxylation is 14. The van der Waals surface area contributed by atoms with Crippen LogP contribution in [0.15, 0.2) is 176 Å². The average Bonchev–Trinajstić information content (AvgIpc) is 1.24. The van der Waals surface area contributed by atoms with Crippen molar-refractivity contribution in [3.05, 3.63) is 237 Å². The molecule has 0 aliphatic heterocycles. The topological polar surface area (TPSA) is 120 Å². The summed E-state index contributed by atoms with van der Waals surface area (Å²) < 4.78 is 164. The predicted octanol–water partition coefficient (Wildman–Crippen LogP) is 23.3. The lowest BCUT2D eigenvalue weighted by atomic mass is 9.86. The Balaban J connectivity index is 0.000000144. The first-order valence-electron chi connectivity index (χ1n) is 45.5. The molecule has 12 aromatic heterocycles. The van der Waals surface area contributed by atoms with Crippen LogP contribution in [0.5, 0.6) is 0 Å². The van der Waals surface area contributed by atoms with Crippen LogP contribution in [0.3, 0.4) is 0 Å². The van der Waals surface area contributed by atoms with E-state index in [1.54, 1.807) is 102 Å². The molecule has 16 rings (SSSR count). The Kier molecular flexibility index (Phi) is 15.9. The summed E-state index contributed by atoms with van der Waals surface area (Å²) in [5.74, 6) is 0. The monoisotopic (exact) mass is 1480 g/mol. The lowest BCUT2D eigenvalue weighted by molar-refractivity contribution is -0.660. The smallest absolute Gasteiger partial charge is 0.227 e. The molecule has 0 fully saturated rings. The second-order valence-electron chi connectivity index (χ2n) is 34.1. The van der Waals surface area contributed by atoms with Gasteiger partial charge in [-0.15, -0.1) is 0 Å². The van der Waals surface area contributed by atoms with Gasteiger partial charge in [-0.3, -0.25) is 0 Å². The molecule has 564 valence electrons. The Labute approximate surface area is 672 Å². The van der Waals surface area contributed by atoms with Gasteiger partial charge in [-0.2, -0.15) is 0 Å². The normalized spacial score (nSPS) is 15.1. The second-order valence-corrected chi connectivity index (χ2v) is 34.1. The van der Waals surface area contributed by atoms with Crippen molar-refractivity contribution in [2.75, 3.05) is 0 Å². The van der Waals surface area contributed by atoms with Crippen LogP contribution in [0.1, 0.15) is 183 Å². The van der Waals surface area contributed by atoms with Crippen LogP contribution in [0.4, 0.5) is 0 Å². The Bertz CT molecular complexity index is 6970. The predicted molar refractivity (Wildman–Crippen MR) is 453 cm³/mol. The molecule has 12 nitrogen and oxygen atoms in total. The number of nitrogens with zero attached hydrogens (tertiary/aromatic N) is 8. The van der Waals surface area contributed by atoms with Crippen LogP contribution >= 0.6 is 0 Å². The van der Waals surface area contributed by atoms with E-state index in [0.29, 0.717) is 69.4 Å². The fraction of sp³-hybridized carbons (Fsp3) is 0.347. The quantitative estimate of drug-likeness (QED) is 0.138. The first-order chi connectivity index (χ1) is 58.2. The highest BCUT2D eigenvalue weighted by Crippen LogP contribution is 2.43. The van der Waals surface area contributed by atoms with Gasteiger partial charge in [0.15, 0.2) is 47.1 Å². The second kappa shape index (κ2) is 29.6. The van der Waals surface area contributed by atoms with Gasteiger partial charge in [0, 0.05) is 135 Å². The Morgan fingerprint density at radius 2 is 0.582 bits per heavy atom. The third-order valence-corrected chi connectivity index (χ3v) is 19.7. The van der Waals surface area contributed by atoms with Crippen molar-refractivity contribution in [3.63, 3.8) is 0 Å². The highest BCUT2D eigenvalue weighted by Gasteiger charge is 2.30. The van der Waals surface area contributed by atoms with Gasteiger partial charge in [0.2, 0.25) is 45.6 Å². The molecule has 0 saturated heterocycles. The summed E-state index contributed by atoms with van der Waals surface area (Å²) in [5.41, 5.74) is 18.9. The van der Waals surface area contributed by atoms with Crippen molar-refractivity contribution in [1.29, 1.82) is 0 Å². The minimum Gasteiger partial charge on any atom is -0.437 e. The van der Waals surface area contributed by atoms with Crippen molar-refractivity contribution in [1.82, 2.24) is 19.9 Å². The highest BCUT2D eigenvalue weighted by molar-refractivity contribution is 6.12. The van der Waals surface area contributed by atoms with Crippen LogP contribution in [-0.2, 0) is 53.8 Å². The van der Waals surface area contributed by atoms with Crippen LogP contribution < -0.4 is 18.3 Å². The lowest BCUT2D eigenvalue weighted by Gasteiger charge is -2.19. The molecule has 0 aliphatic carbocycles. The summed E-state index contributed by atoms with van der Waals surface area (Å²) in [5, 5.41) is 7.62. The van der Waals surface area contributed by atoms with Crippen LogP contribution in [-0.4, -0.2) is 19.9 Å². The van der Waals surface area contributed by atoms with Gasteiger partial charge in [0.1, 0.15) is 28.2 Å². The summed E-state index contributed by atoms with van der Waals surface area (Å²) in [6.45, 7) is 26.1. The van der Waals surface area contributed by atoms with Crippen molar-refractivity contribution in [2.24, 2.45) is 49.9 Å². The number of furan rings is 4. The summed E-state index contributed by atoms with van der Waals surface area (Å²) in [7, 11) is 7.35. The lowest BCUT2D eigenvalue weighted by Crippen LogP contribution is -2.32. The number of benzene rings is 4. The van der Waals surface area contributed by atoms with E-state index >= 15 is 0 Å². The molecule has 12 heterocycles. The van der Waals surface area contributed by atoms with Gasteiger partial charge in [-0.1, -0.05) is 132 Å². The summed E-state index contributed by atoms with van der Waals surface area (Å²) >= 11 is 0. The molecule has 16 aromatic rings. The largest absolute Gasteiger partial charge is 0.437 e. The van der Waals surface area contributed by atoms with Crippen LogP contribution in [0, 0.1) is 90.6 Å². The molecule has 4 aromatic carbocycles. The summed E-state index contributed by atoms with van der Waals surface area (Å²) in [4.78, 5) is 17.8. The van der Waals surface area contributed by atoms with E-state index in [2.05, 4.69) is 99.6 Å². The molecule has 0 bridgehead atoms. The van der Waals surface area contributed by atoms with E-state index in [9.17, 15) is 0 Å². The third kappa shape index (κ3) is 16.0. The van der Waals surface area contributed by atoms with Gasteiger partial charge < -0.3 is 17.7 Å². The molecule has 0 N–H and O–H groups in total. The maximum atomic E-state index is 8.87. The van der Waals surface area contributed by atoms with E-state index in [1.165, 1.54) is 12.4 Å². The fourth-order valence-electron chi connectivity index (χ4n) is 14.8. The van der Waals surface area contributed by atoms with E-state index in [-0.39, 0.29) is 33.1 Å². The number of hydrogen-bond acceptors (Lipinski definition) is 8. The zero-order valence-corrected chi connectivity index (χ0v) is 67.6. The minimum absolute atomic E-state index is 0.0137. The summed E-state index contributed by atoms with van der Waals surface area (Å²) in [6, 6.07) is 39.4. The molecule has 0 saturated carbocycles. The molecule has 0 atom stereocenters. The molecule has 0 radical (unpaired) electrons. The molecule has 110 heavy (non-hydrogen) atoms. The third-order valence-electron chi connectivity index (χ3n) is 19.7. The first-order valence-corrected chi connectivity index (χ1v) is 37.5. The standard InChI is InChI=1S/2C25H29N2O.2C24H27N2O/c2*1-15-8-10-19-20-11-9-17(3)26-24(20)28-23(19)22(15)21-12-18(13-25(4,5)6)16(2)14-27(21)7;2*1-15-9-10-18-19-8-7-11-25-23(19)27-22(18)21(15)20-12-17(13-24(3,4)5)16(2)14-26(20)6/h2*8-12,14H,13H2,1-7H3;2*7-12,14H,13H2,1-6H3/q4*+1/i2D3,13D2;2D3;2D3,13D2;2D3. The maximum Gasteiger partial charge on any atom is 0.227 e. The van der Waals surface area contributed by atoms with Gasteiger partial charge in [0.25, 0.3) is 0 Å². The highest BCUT2D eigenvalue weighted by atomic mass is 16.4. The minimum atomic E-state index is -2.45. The molecule has 12 heteroatoms. The molecule has 0 aliphatic rings. The molecule has 0 unspecified atom stereocenters. The van der Waals surface area contributed by atoms with Gasteiger partial charge >= 0.3 is 0 Å². The van der Waals surface area contributed by atoms with Crippen LogP contribution in [0.25, 0.3) is 133 Å². The molecule has 0 spiro atoms. The Morgan fingerprint density at radius 1 is 0.318 bits per heavy atom. The summed E-state index contributed by atoms with van der Waals surface area (Å²) in [6.07, 6.45) is 7.56. The van der Waals surface area contributed by atoms with Gasteiger partial charge in [-0.05, 0) is 209 Å².